The van der Waals surface area contributed by atoms with E-state index in [1.54, 1.807) is 0 Å². The Labute approximate surface area is 258 Å². The molecule has 1 heterocycles. The average molecular weight is 603 g/mol. The monoisotopic (exact) mass is 602 g/mol. The number of nitrogens with zero attached hydrogens (tertiary/aromatic N) is 1. The molecule has 3 aromatic rings. The molecule has 0 bridgehead atoms. The topological polar surface area (TPSA) is 111 Å². The van der Waals surface area contributed by atoms with E-state index >= 15 is 0 Å². The number of nitrogens with one attached hydrogen (secondary N) is 3. The highest BCUT2D eigenvalue weighted by Crippen LogP contribution is 2.40. The highest BCUT2D eigenvalue weighted by Gasteiger charge is 2.49. The SMILES string of the molecule is Cc1cc(C)c(NC(=O)N[C@@H](Cc2ccccc2)[C@H](O)C(=O)N2CSC(C)(C)[C@H]2C(=O)NCc2ccccc2C)c(C)c1. The average Bonchev–Trinajstić information content (AvgIpc) is 3.28. The van der Waals surface area contributed by atoms with Crippen LogP contribution in [0.5, 0.6) is 0 Å². The summed E-state index contributed by atoms with van der Waals surface area (Å²) < 4.78 is -0.578. The van der Waals surface area contributed by atoms with Crippen LogP contribution in [-0.4, -0.2) is 56.7 Å². The van der Waals surface area contributed by atoms with Gasteiger partial charge in [-0.2, -0.15) is 0 Å². The number of rotatable bonds is 9. The van der Waals surface area contributed by atoms with E-state index in [4.69, 9.17) is 0 Å². The lowest BCUT2D eigenvalue weighted by Crippen LogP contribution is -2.59. The lowest BCUT2D eigenvalue weighted by molar-refractivity contribution is -0.147. The number of aliphatic hydroxyl groups is 1. The molecule has 3 atom stereocenters. The first-order valence-electron chi connectivity index (χ1n) is 14.5. The highest BCUT2D eigenvalue weighted by atomic mass is 32.2. The number of aryl methyl sites for hydroxylation is 4. The fourth-order valence-electron chi connectivity index (χ4n) is 5.65. The molecule has 0 saturated carbocycles. The fraction of sp³-hybridized carbons (Fsp3) is 0.382. The number of urea groups is 1. The van der Waals surface area contributed by atoms with Crippen LogP contribution in [0.4, 0.5) is 10.5 Å². The highest BCUT2D eigenvalue weighted by molar-refractivity contribution is 8.00. The zero-order valence-corrected chi connectivity index (χ0v) is 26.5. The number of hydrogen-bond donors (Lipinski definition) is 4. The fourth-order valence-corrected chi connectivity index (χ4v) is 6.79. The van der Waals surface area contributed by atoms with Gasteiger partial charge >= 0.3 is 6.03 Å². The molecule has 4 N–H and O–H groups in total. The number of carbonyl (C=O) groups is 3. The number of carbonyl (C=O) groups excluding carboxylic acids is 3. The van der Waals surface area contributed by atoms with Crippen molar-refractivity contribution in [2.24, 2.45) is 0 Å². The maximum atomic E-state index is 13.9. The number of benzene rings is 3. The molecule has 1 fully saturated rings. The van der Waals surface area contributed by atoms with Crippen molar-refractivity contribution in [2.75, 3.05) is 11.2 Å². The maximum Gasteiger partial charge on any atom is 0.319 e. The lowest BCUT2D eigenvalue weighted by atomic mass is 9.97. The smallest absolute Gasteiger partial charge is 0.319 e. The second-order valence-corrected chi connectivity index (χ2v) is 13.4. The van der Waals surface area contributed by atoms with Crippen LogP contribution < -0.4 is 16.0 Å². The Morgan fingerprint density at radius 1 is 0.953 bits per heavy atom. The van der Waals surface area contributed by atoms with Crippen LogP contribution in [0, 0.1) is 27.7 Å². The zero-order chi connectivity index (χ0) is 31.3. The van der Waals surface area contributed by atoms with Gasteiger partial charge in [-0.1, -0.05) is 72.3 Å². The summed E-state index contributed by atoms with van der Waals surface area (Å²) in [5.41, 5.74) is 6.52. The Balaban J connectivity index is 1.53. The van der Waals surface area contributed by atoms with Crippen molar-refractivity contribution in [3.05, 3.63) is 100 Å². The van der Waals surface area contributed by atoms with Crippen LogP contribution in [0.25, 0.3) is 0 Å². The van der Waals surface area contributed by atoms with Crippen LogP contribution in [0.1, 0.15) is 47.2 Å². The Morgan fingerprint density at radius 2 is 1.58 bits per heavy atom. The van der Waals surface area contributed by atoms with Crippen LogP contribution in [-0.2, 0) is 22.6 Å². The minimum Gasteiger partial charge on any atom is -0.381 e. The second kappa shape index (κ2) is 13.7. The van der Waals surface area contributed by atoms with Gasteiger partial charge in [0.2, 0.25) is 5.91 Å². The van der Waals surface area contributed by atoms with Gasteiger partial charge in [0, 0.05) is 17.0 Å². The summed E-state index contributed by atoms with van der Waals surface area (Å²) >= 11 is 1.48. The van der Waals surface area contributed by atoms with E-state index in [1.807, 2.05) is 108 Å². The van der Waals surface area contributed by atoms with E-state index in [2.05, 4.69) is 16.0 Å². The molecule has 0 spiro atoms. The molecular formula is C34H42N4O4S. The van der Waals surface area contributed by atoms with Gasteiger partial charge in [-0.05, 0) is 75.8 Å². The summed E-state index contributed by atoms with van der Waals surface area (Å²) in [7, 11) is 0. The largest absolute Gasteiger partial charge is 0.381 e. The van der Waals surface area contributed by atoms with Gasteiger partial charge in [0.1, 0.15) is 6.04 Å². The Morgan fingerprint density at radius 3 is 2.23 bits per heavy atom. The van der Waals surface area contributed by atoms with Crippen LogP contribution in [0.3, 0.4) is 0 Å². The summed E-state index contributed by atoms with van der Waals surface area (Å²) in [5.74, 6) is -0.635. The van der Waals surface area contributed by atoms with E-state index in [-0.39, 0.29) is 18.2 Å². The van der Waals surface area contributed by atoms with E-state index in [9.17, 15) is 19.5 Å². The normalized spacial score (nSPS) is 17.2. The molecule has 9 heteroatoms. The van der Waals surface area contributed by atoms with E-state index in [0.717, 1.165) is 33.4 Å². The molecule has 0 unspecified atom stereocenters. The van der Waals surface area contributed by atoms with Crippen molar-refractivity contribution >= 4 is 35.3 Å². The molecule has 0 radical (unpaired) electrons. The maximum absolute atomic E-state index is 13.9. The Bertz CT molecular complexity index is 1450. The Hall–Kier alpha value is -3.82. The summed E-state index contributed by atoms with van der Waals surface area (Å²) in [6, 6.07) is 18.9. The summed E-state index contributed by atoms with van der Waals surface area (Å²) in [6.07, 6.45) is -1.35. The van der Waals surface area contributed by atoms with E-state index in [1.165, 1.54) is 16.7 Å². The second-order valence-electron chi connectivity index (χ2n) is 11.8. The molecule has 4 rings (SSSR count). The molecular weight excluding hydrogens is 560 g/mol. The van der Waals surface area contributed by atoms with Gasteiger partial charge in [0.05, 0.1) is 11.9 Å². The summed E-state index contributed by atoms with van der Waals surface area (Å²) in [4.78, 5) is 42.1. The quantitative estimate of drug-likeness (QED) is 0.275. The summed E-state index contributed by atoms with van der Waals surface area (Å²) in [6.45, 7) is 12.0. The third-order valence-electron chi connectivity index (χ3n) is 7.96. The predicted octanol–water partition coefficient (Wildman–Crippen LogP) is 5.01. The molecule has 43 heavy (non-hydrogen) atoms. The third-order valence-corrected chi connectivity index (χ3v) is 9.33. The first-order valence-corrected chi connectivity index (χ1v) is 15.5. The van der Waals surface area contributed by atoms with Crippen molar-refractivity contribution in [3.63, 3.8) is 0 Å². The molecule has 0 aromatic heterocycles. The number of hydrogen-bond acceptors (Lipinski definition) is 5. The van der Waals surface area contributed by atoms with Crippen molar-refractivity contribution < 1.29 is 19.5 Å². The minimum atomic E-state index is -1.58. The molecule has 1 aliphatic rings. The number of aliphatic hydroxyl groups excluding tert-OH is 1. The van der Waals surface area contributed by atoms with Crippen LogP contribution in [0.2, 0.25) is 0 Å². The van der Waals surface area contributed by atoms with E-state index in [0.29, 0.717) is 12.2 Å². The van der Waals surface area contributed by atoms with Gasteiger partial charge in [0.15, 0.2) is 6.10 Å². The molecule has 1 aliphatic heterocycles. The van der Waals surface area contributed by atoms with Crippen LogP contribution in [0.15, 0.2) is 66.7 Å². The van der Waals surface area contributed by atoms with Gasteiger partial charge in [0.25, 0.3) is 5.91 Å². The summed E-state index contributed by atoms with van der Waals surface area (Å²) in [5, 5.41) is 20.3. The number of thioether (sulfide) groups is 1. The predicted molar refractivity (Wildman–Crippen MR) is 173 cm³/mol. The lowest BCUT2D eigenvalue weighted by Gasteiger charge is -2.33. The van der Waals surface area contributed by atoms with Crippen molar-refractivity contribution in [1.82, 2.24) is 15.5 Å². The minimum absolute atomic E-state index is 0.224. The first-order chi connectivity index (χ1) is 20.4. The van der Waals surface area contributed by atoms with Crippen molar-refractivity contribution in [2.45, 2.75) is 77.4 Å². The van der Waals surface area contributed by atoms with Crippen molar-refractivity contribution in [1.29, 1.82) is 0 Å². The van der Waals surface area contributed by atoms with Gasteiger partial charge in [-0.3, -0.25) is 9.59 Å². The molecule has 228 valence electrons. The first kappa shape index (κ1) is 32.1. The van der Waals surface area contributed by atoms with Crippen LogP contribution >= 0.6 is 11.8 Å². The van der Waals surface area contributed by atoms with Crippen molar-refractivity contribution in [3.8, 4) is 0 Å². The zero-order valence-electron chi connectivity index (χ0n) is 25.7. The van der Waals surface area contributed by atoms with Gasteiger partial charge < -0.3 is 26.0 Å². The third kappa shape index (κ3) is 7.77. The van der Waals surface area contributed by atoms with Gasteiger partial charge in [-0.15, -0.1) is 11.8 Å². The van der Waals surface area contributed by atoms with E-state index < -0.39 is 34.9 Å². The Kier molecular flexibility index (Phi) is 10.2. The number of amides is 4. The molecule has 1 saturated heterocycles. The standard InChI is InChI=1S/C34H42N4O4S/c1-21-16-23(3)28(24(4)17-21)37-33(42)36-27(18-25-13-8-7-9-14-25)29(39)32(41)38-20-43-34(5,6)30(38)31(40)35-19-26-15-11-10-12-22(26)2/h7-17,27,29-30,39H,18-20H2,1-6H3,(H,35,40)(H2,36,37,42)/t27-,29-,30+/m0/s1. The molecule has 3 aromatic carbocycles. The van der Waals surface area contributed by atoms with Gasteiger partial charge in [-0.25, -0.2) is 4.79 Å². The number of anilines is 1. The molecule has 8 nitrogen and oxygen atoms in total. The molecule has 4 amide bonds. The molecule has 0 aliphatic carbocycles.